The quantitative estimate of drug-likeness (QED) is 0.786. The van der Waals surface area contributed by atoms with Gasteiger partial charge in [0.05, 0.1) is 0 Å². The Hall–Kier alpha value is -2.69. The summed E-state index contributed by atoms with van der Waals surface area (Å²) in [4.78, 5) is 9.37. The van der Waals surface area contributed by atoms with E-state index in [-0.39, 0.29) is 11.6 Å². The molecule has 1 fully saturated rings. The van der Waals surface area contributed by atoms with Crippen molar-refractivity contribution >= 4 is 0 Å². The van der Waals surface area contributed by atoms with Crippen molar-refractivity contribution in [2.24, 2.45) is 0 Å². The number of likely N-dealkylation sites (tertiary alicyclic amines) is 1. The maximum atomic E-state index is 4.78. The number of nitrogens with zero attached hydrogens (tertiary/aromatic N) is 4. The lowest BCUT2D eigenvalue weighted by molar-refractivity contribution is 0.185. The average Bonchev–Trinajstić information content (AvgIpc) is 3.22. The molecule has 1 N–H and O–H groups in total. The Morgan fingerprint density at radius 3 is 3.07 bits per heavy atom. The van der Waals surface area contributed by atoms with E-state index in [2.05, 4.69) is 77.4 Å². The van der Waals surface area contributed by atoms with Crippen molar-refractivity contribution in [1.29, 1.82) is 0 Å². The minimum Gasteiger partial charge on any atom is -0.370 e. The van der Waals surface area contributed by atoms with Gasteiger partial charge in [-0.05, 0) is 31.4 Å². The van der Waals surface area contributed by atoms with Crippen LogP contribution in [-0.2, 0) is 12.0 Å². The first-order valence-electron chi connectivity index (χ1n) is 10.8. The normalized spacial score (nSPS) is 26.2. The van der Waals surface area contributed by atoms with Gasteiger partial charge < -0.3 is 19.7 Å². The van der Waals surface area contributed by atoms with Crippen LogP contribution in [0.2, 0.25) is 0 Å². The SMILES string of the molecule is C=C(C1=CNC2C=CC=CN2C1=C)N1CCC[C@@](C)(c2nccn2CCCC)C1. The van der Waals surface area contributed by atoms with Crippen LogP contribution in [0.3, 0.4) is 0 Å². The summed E-state index contributed by atoms with van der Waals surface area (Å²) >= 11 is 0. The molecule has 0 amide bonds. The van der Waals surface area contributed by atoms with Gasteiger partial charge in [0, 0.05) is 66.8 Å². The molecule has 4 rings (SSSR count). The Balaban J connectivity index is 1.53. The number of nitrogens with one attached hydrogen (secondary N) is 1. The first-order valence-corrected chi connectivity index (χ1v) is 10.8. The van der Waals surface area contributed by atoms with Crippen LogP contribution in [-0.4, -0.2) is 38.6 Å². The molecular weight excluding hydrogens is 358 g/mol. The molecule has 2 atom stereocenters. The van der Waals surface area contributed by atoms with Gasteiger partial charge in [0.15, 0.2) is 0 Å². The third-order valence-corrected chi connectivity index (χ3v) is 6.37. The van der Waals surface area contributed by atoms with Gasteiger partial charge in [-0.2, -0.15) is 0 Å². The van der Waals surface area contributed by atoms with Crippen molar-refractivity contribution in [3.8, 4) is 0 Å². The zero-order chi connectivity index (χ0) is 20.4. The van der Waals surface area contributed by atoms with Crippen LogP contribution in [0.4, 0.5) is 0 Å². The van der Waals surface area contributed by atoms with Gasteiger partial charge in [-0.25, -0.2) is 4.98 Å². The highest BCUT2D eigenvalue weighted by Crippen LogP contribution is 2.37. The Morgan fingerprint density at radius 1 is 1.38 bits per heavy atom. The molecule has 4 heterocycles. The first kappa shape index (κ1) is 19.6. The van der Waals surface area contributed by atoms with E-state index in [1.54, 1.807) is 0 Å². The molecule has 1 aromatic rings. The summed E-state index contributed by atoms with van der Waals surface area (Å²) in [6, 6.07) is 0. The van der Waals surface area contributed by atoms with Crippen molar-refractivity contribution < 1.29 is 0 Å². The lowest BCUT2D eigenvalue weighted by Crippen LogP contribution is -2.47. The highest BCUT2D eigenvalue weighted by molar-refractivity contribution is 5.46. The van der Waals surface area contributed by atoms with E-state index in [1.165, 1.54) is 18.7 Å². The average molecular weight is 392 g/mol. The zero-order valence-corrected chi connectivity index (χ0v) is 17.8. The molecule has 5 nitrogen and oxygen atoms in total. The number of piperidine rings is 1. The van der Waals surface area contributed by atoms with E-state index in [0.717, 1.165) is 49.4 Å². The summed E-state index contributed by atoms with van der Waals surface area (Å²) in [5.41, 5.74) is 3.15. The molecule has 3 aliphatic heterocycles. The number of aryl methyl sites for hydroxylation is 1. The smallest absolute Gasteiger partial charge is 0.122 e. The first-order chi connectivity index (χ1) is 14.0. The predicted octanol–water partition coefficient (Wildman–Crippen LogP) is 4.26. The largest absolute Gasteiger partial charge is 0.370 e. The summed E-state index contributed by atoms with van der Waals surface area (Å²) in [6.45, 7) is 16.4. The topological polar surface area (TPSA) is 36.3 Å². The van der Waals surface area contributed by atoms with Crippen molar-refractivity contribution in [1.82, 2.24) is 24.7 Å². The maximum Gasteiger partial charge on any atom is 0.122 e. The van der Waals surface area contributed by atoms with E-state index in [0.29, 0.717) is 0 Å². The van der Waals surface area contributed by atoms with Crippen LogP contribution < -0.4 is 5.32 Å². The molecule has 0 bridgehead atoms. The minimum atomic E-state index is 0.0265. The number of aromatic nitrogens is 2. The van der Waals surface area contributed by atoms with Gasteiger partial charge in [0.25, 0.3) is 0 Å². The van der Waals surface area contributed by atoms with Gasteiger partial charge in [-0.1, -0.05) is 39.5 Å². The van der Waals surface area contributed by atoms with Crippen molar-refractivity contribution in [3.05, 3.63) is 79.0 Å². The second-order valence-corrected chi connectivity index (χ2v) is 8.58. The van der Waals surface area contributed by atoms with E-state index in [1.807, 2.05) is 12.3 Å². The molecule has 1 unspecified atom stereocenters. The van der Waals surface area contributed by atoms with Crippen LogP contribution in [0.5, 0.6) is 0 Å². The molecule has 1 saturated heterocycles. The molecule has 0 radical (unpaired) electrons. The number of hydrogen-bond donors (Lipinski definition) is 1. The van der Waals surface area contributed by atoms with Gasteiger partial charge in [-0.3, -0.25) is 0 Å². The van der Waals surface area contributed by atoms with Gasteiger partial charge in [-0.15, -0.1) is 0 Å². The fraction of sp³-hybridized carbons (Fsp3) is 0.458. The third-order valence-electron chi connectivity index (χ3n) is 6.37. The maximum absolute atomic E-state index is 4.78. The number of rotatable bonds is 6. The standard InChI is InChI=1S/C24H33N5/c1-5-6-13-27-16-12-25-23(27)24(4)11-9-14-28(18-24)19(2)21-17-26-22-10-7-8-15-29(22)20(21)3/h7-8,10,12,15-17,22,26H,2-3,5-6,9,11,13-14,18H2,1,4H3/t22?,24-/m1/s1. The molecule has 1 aromatic heterocycles. The van der Waals surface area contributed by atoms with Crippen molar-refractivity contribution in [2.45, 2.75) is 57.7 Å². The lowest BCUT2D eigenvalue weighted by Gasteiger charge is -2.44. The molecule has 0 aliphatic carbocycles. The second kappa shape index (κ2) is 7.97. The third kappa shape index (κ3) is 3.66. The van der Waals surface area contributed by atoms with Gasteiger partial charge in [0.1, 0.15) is 12.0 Å². The highest BCUT2D eigenvalue weighted by atomic mass is 15.3. The molecule has 3 aliphatic rings. The van der Waals surface area contributed by atoms with Gasteiger partial charge in [0.2, 0.25) is 0 Å². The monoisotopic (exact) mass is 391 g/mol. The van der Waals surface area contributed by atoms with Crippen LogP contribution in [0.15, 0.2) is 73.1 Å². The van der Waals surface area contributed by atoms with Crippen molar-refractivity contribution in [3.63, 3.8) is 0 Å². The molecule has 29 heavy (non-hydrogen) atoms. The van der Waals surface area contributed by atoms with Crippen LogP contribution in [0.1, 0.15) is 45.4 Å². The molecule has 0 saturated carbocycles. The van der Waals surface area contributed by atoms with E-state index in [9.17, 15) is 0 Å². The number of hydrogen-bond acceptors (Lipinski definition) is 4. The summed E-state index contributed by atoms with van der Waals surface area (Å²) in [7, 11) is 0. The number of unbranched alkanes of at least 4 members (excludes halogenated alkanes) is 1. The Morgan fingerprint density at radius 2 is 2.24 bits per heavy atom. The van der Waals surface area contributed by atoms with Crippen molar-refractivity contribution in [2.75, 3.05) is 13.1 Å². The molecular formula is C24H33N5. The lowest BCUT2D eigenvalue weighted by atomic mass is 9.80. The number of imidazole rings is 1. The van der Waals surface area contributed by atoms with Crippen LogP contribution >= 0.6 is 0 Å². The summed E-state index contributed by atoms with van der Waals surface area (Å²) in [6.07, 6.45) is 19.3. The number of fused-ring (bicyclic) bond motifs is 1. The molecule has 0 aromatic carbocycles. The fourth-order valence-corrected chi connectivity index (χ4v) is 4.70. The summed E-state index contributed by atoms with van der Waals surface area (Å²) in [5.74, 6) is 1.21. The highest BCUT2D eigenvalue weighted by Gasteiger charge is 2.37. The van der Waals surface area contributed by atoms with Gasteiger partial charge >= 0.3 is 0 Å². The fourth-order valence-electron chi connectivity index (χ4n) is 4.70. The molecule has 5 heteroatoms. The Labute approximate surface area is 174 Å². The van der Waals surface area contributed by atoms with Crippen LogP contribution in [0, 0.1) is 0 Å². The Bertz CT molecular complexity index is 874. The summed E-state index contributed by atoms with van der Waals surface area (Å²) in [5, 5.41) is 3.46. The Kier molecular flexibility index (Phi) is 5.39. The second-order valence-electron chi connectivity index (χ2n) is 8.58. The van der Waals surface area contributed by atoms with E-state index >= 15 is 0 Å². The number of allylic oxidation sites excluding steroid dienone is 2. The van der Waals surface area contributed by atoms with E-state index < -0.39 is 0 Å². The van der Waals surface area contributed by atoms with E-state index in [4.69, 9.17) is 4.98 Å². The minimum absolute atomic E-state index is 0.0265. The molecule has 154 valence electrons. The van der Waals surface area contributed by atoms with Crippen LogP contribution in [0.25, 0.3) is 0 Å². The summed E-state index contributed by atoms with van der Waals surface area (Å²) < 4.78 is 2.35. The zero-order valence-electron chi connectivity index (χ0n) is 17.8. The molecule has 0 spiro atoms. The predicted molar refractivity (Wildman–Crippen MR) is 119 cm³/mol.